The summed E-state index contributed by atoms with van der Waals surface area (Å²) in [7, 11) is 1.82. The van der Waals surface area contributed by atoms with E-state index in [9.17, 15) is 4.39 Å². The van der Waals surface area contributed by atoms with Crippen molar-refractivity contribution in [1.29, 1.82) is 0 Å². The molecule has 3 heteroatoms. The number of unbranched alkanes of at least 4 members (excludes halogenated alkanes) is 1. The smallest absolute Gasteiger partial charge is 0.131 e. The Kier molecular flexibility index (Phi) is 5.26. The summed E-state index contributed by atoms with van der Waals surface area (Å²) in [5.41, 5.74) is 0.672. The van der Waals surface area contributed by atoms with Gasteiger partial charge in [-0.3, -0.25) is 0 Å². The molecule has 0 saturated carbocycles. The van der Waals surface area contributed by atoms with E-state index in [1.165, 1.54) is 6.07 Å². The monoisotopic (exact) mass is 225 g/mol. The summed E-state index contributed by atoms with van der Waals surface area (Å²) in [4.78, 5) is 0. The molecule has 0 bridgehead atoms. The predicted molar refractivity (Wildman–Crippen MR) is 64.3 cm³/mol. The van der Waals surface area contributed by atoms with Crippen LogP contribution < -0.4 is 10.1 Å². The first-order valence-corrected chi connectivity index (χ1v) is 5.78. The van der Waals surface area contributed by atoms with Gasteiger partial charge in [0.15, 0.2) is 0 Å². The molecule has 0 aliphatic heterocycles. The summed E-state index contributed by atoms with van der Waals surface area (Å²) in [5.74, 6) is 0.397. The normalized spacial score (nSPS) is 12.5. The van der Waals surface area contributed by atoms with Crippen molar-refractivity contribution in [3.8, 4) is 5.75 Å². The summed E-state index contributed by atoms with van der Waals surface area (Å²) in [6.07, 6.45) is 2.08. The summed E-state index contributed by atoms with van der Waals surface area (Å²) < 4.78 is 19.1. The predicted octanol–water partition coefficient (Wildman–Crippen LogP) is 3.29. The van der Waals surface area contributed by atoms with Gasteiger partial charge in [-0.25, -0.2) is 4.39 Å². The maximum Gasteiger partial charge on any atom is 0.131 e. The Hall–Kier alpha value is -1.09. The minimum Gasteiger partial charge on any atom is -0.493 e. The van der Waals surface area contributed by atoms with Gasteiger partial charge in [0.05, 0.1) is 6.61 Å². The molecular formula is C13H20FNO. The highest BCUT2D eigenvalue weighted by Crippen LogP contribution is 2.21. The summed E-state index contributed by atoms with van der Waals surface area (Å²) in [5, 5.41) is 3.01. The number of rotatable bonds is 6. The maximum absolute atomic E-state index is 13.7. The number of benzene rings is 1. The maximum atomic E-state index is 13.7. The molecule has 0 amide bonds. The van der Waals surface area contributed by atoms with Crippen LogP contribution in [0.3, 0.4) is 0 Å². The average molecular weight is 225 g/mol. The Bertz CT molecular complexity index is 328. The Labute approximate surface area is 96.8 Å². The van der Waals surface area contributed by atoms with Gasteiger partial charge in [0.25, 0.3) is 0 Å². The topological polar surface area (TPSA) is 21.3 Å². The second kappa shape index (κ2) is 6.48. The molecule has 1 unspecified atom stereocenters. The van der Waals surface area contributed by atoms with Crippen molar-refractivity contribution in [1.82, 2.24) is 5.32 Å². The van der Waals surface area contributed by atoms with E-state index in [2.05, 4.69) is 12.2 Å². The van der Waals surface area contributed by atoms with Gasteiger partial charge in [-0.05, 0) is 26.5 Å². The van der Waals surface area contributed by atoms with Crippen molar-refractivity contribution in [2.75, 3.05) is 13.7 Å². The molecule has 0 aromatic heterocycles. The summed E-state index contributed by atoms with van der Waals surface area (Å²) in [6.45, 7) is 4.68. The number of hydrogen-bond acceptors (Lipinski definition) is 2. The highest BCUT2D eigenvalue weighted by molar-refractivity contribution is 5.30. The van der Waals surface area contributed by atoms with Crippen LogP contribution in [-0.2, 0) is 0 Å². The number of nitrogens with one attached hydrogen (secondary N) is 1. The highest BCUT2D eigenvalue weighted by Gasteiger charge is 2.09. The first kappa shape index (κ1) is 13.0. The van der Waals surface area contributed by atoms with Crippen LogP contribution in [0.25, 0.3) is 0 Å². The van der Waals surface area contributed by atoms with Crippen LogP contribution in [0.5, 0.6) is 5.75 Å². The fraction of sp³-hybridized carbons (Fsp3) is 0.538. The molecule has 0 saturated heterocycles. The van der Waals surface area contributed by atoms with Crippen molar-refractivity contribution in [2.45, 2.75) is 32.7 Å². The largest absolute Gasteiger partial charge is 0.493 e. The molecule has 1 aromatic carbocycles. The van der Waals surface area contributed by atoms with Gasteiger partial charge in [-0.2, -0.15) is 0 Å². The van der Waals surface area contributed by atoms with E-state index >= 15 is 0 Å². The molecule has 1 N–H and O–H groups in total. The molecule has 0 aliphatic carbocycles. The van der Waals surface area contributed by atoms with Crippen LogP contribution in [0.15, 0.2) is 18.2 Å². The molecular weight excluding hydrogens is 205 g/mol. The van der Waals surface area contributed by atoms with E-state index in [4.69, 9.17) is 4.74 Å². The van der Waals surface area contributed by atoms with Gasteiger partial charge in [0.2, 0.25) is 0 Å². The molecule has 16 heavy (non-hydrogen) atoms. The molecule has 0 radical (unpaired) electrons. The molecule has 0 heterocycles. The Morgan fingerprint density at radius 2 is 2.19 bits per heavy atom. The minimum atomic E-state index is -0.212. The van der Waals surface area contributed by atoms with E-state index in [1.54, 1.807) is 6.07 Å². The van der Waals surface area contributed by atoms with Crippen molar-refractivity contribution in [3.05, 3.63) is 29.6 Å². The summed E-state index contributed by atoms with van der Waals surface area (Å²) >= 11 is 0. The molecule has 1 rings (SSSR count). The van der Waals surface area contributed by atoms with Crippen molar-refractivity contribution >= 4 is 0 Å². The van der Waals surface area contributed by atoms with Gasteiger partial charge >= 0.3 is 0 Å². The second-order valence-electron chi connectivity index (χ2n) is 3.90. The first-order chi connectivity index (χ1) is 7.69. The van der Waals surface area contributed by atoms with Crippen molar-refractivity contribution in [3.63, 3.8) is 0 Å². The van der Waals surface area contributed by atoms with Gasteiger partial charge in [0, 0.05) is 17.7 Å². The SMILES string of the molecule is CCCCOc1ccc(C(C)NC)c(F)c1. The second-order valence-corrected chi connectivity index (χ2v) is 3.90. The average Bonchev–Trinajstić information content (AvgIpc) is 2.29. The molecule has 0 aliphatic rings. The number of ether oxygens (including phenoxy) is 1. The Balaban J connectivity index is 2.67. The van der Waals surface area contributed by atoms with Crippen LogP contribution >= 0.6 is 0 Å². The third-order valence-electron chi connectivity index (χ3n) is 2.64. The molecule has 1 aromatic rings. The lowest BCUT2D eigenvalue weighted by Crippen LogP contribution is -2.13. The van der Waals surface area contributed by atoms with Gasteiger partial charge in [-0.15, -0.1) is 0 Å². The molecule has 2 nitrogen and oxygen atoms in total. The zero-order valence-corrected chi connectivity index (χ0v) is 10.2. The third kappa shape index (κ3) is 3.49. The third-order valence-corrected chi connectivity index (χ3v) is 2.64. The van der Waals surface area contributed by atoms with E-state index in [0.717, 1.165) is 12.8 Å². The fourth-order valence-electron chi connectivity index (χ4n) is 1.44. The van der Waals surface area contributed by atoms with E-state index < -0.39 is 0 Å². The number of hydrogen-bond donors (Lipinski definition) is 1. The minimum absolute atomic E-state index is 0.0182. The van der Waals surface area contributed by atoms with Gasteiger partial charge in [0.1, 0.15) is 11.6 Å². The Morgan fingerprint density at radius 1 is 1.44 bits per heavy atom. The van der Waals surface area contributed by atoms with Crippen LogP contribution in [0.2, 0.25) is 0 Å². The molecule has 0 fully saturated rings. The number of halogens is 1. The lowest BCUT2D eigenvalue weighted by molar-refractivity contribution is 0.307. The zero-order valence-electron chi connectivity index (χ0n) is 10.2. The van der Waals surface area contributed by atoms with E-state index in [-0.39, 0.29) is 11.9 Å². The standard InChI is InChI=1S/C13H20FNO/c1-4-5-8-16-11-6-7-12(10(2)15-3)13(14)9-11/h6-7,9-10,15H,4-5,8H2,1-3H3. The summed E-state index contributed by atoms with van der Waals surface area (Å²) in [6, 6.07) is 5.07. The van der Waals surface area contributed by atoms with Crippen molar-refractivity contribution < 1.29 is 9.13 Å². The van der Waals surface area contributed by atoms with E-state index in [0.29, 0.717) is 17.9 Å². The van der Waals surface area contributed by atoms with Crippen LogP contribution in [0, 0.1) is 5.82 Å². The first-order valence-electron chi connectivity index (χ1n) is 5.78. The van der Waals surface area contributed by atoms with Crippen LogP contribution in [0.1, 0.15) is 38.3 Å². The molecule has 90 valence electrons. The van der Waals surface area contributed by atoms with Crippen LogP contribution in [-0.4, -0.2) is 13.7 Å². The Morgan fingerprint density at radius 3 is 2.75 bits per heavy atom. The lowest BCUT2D eigenvalue weighted by Gasteiger charge is -2.13. The van der Waals surface area contributed by atoms with E-state index in [1.807, 2.05) is 20.0 Å². The van der Waals surface area contributed by atoms with Crippen LogP contribution in [0.4, 0.5) is 4.39 Å². The van der Waals surface area contributed by atoms with Gasteiger partial charge < -0.3 is 10.1 Å². The zero-order chi connectivity index (χ0) is 12.0. The van der Waals surface area contributed by atoms with Gasteiger partial charge in [-0.1, -0.05) is 19.4 Å². The highest BCUT2D eigenvalue weighted by atomic mass is 19.1. The van der Waals surface area contributed by atoms with Crippen molar-refractivity contribution in [2.24, 2.45) is 0 Å². The molecule has 0 spiro atoms. The lowest BCUT2D eigenvalue weighted by atomic mass is 10.1. The quantitative estimate of drug-likeness (QED) is 0.750. The molecule has 1 atom stereocenters. The fourth-order valence-corrected chi connectivity index (χ4v) is 1.44.